The molecule has 0 radical (unpaired) electrons. The van der Waals surface area contributed by atoms with Gasteiger partial charge in [-0.25, -0.2) is 4.98 Å². The van der Waals surface area contributed by atoms with Gasteiger partial charge in [0.1, 0.15) is 4.83 Å². The summed E-state index contributed by atoms with van der Waals surface area (Å²) in [7, 11) is 0. The van der Waals surface area contributed by atoms with Crippen LogP contribution in [0.5, 0.6) is 0 Å². The van der Waals surface area contributed by atoms with Gasteiger partial charge in [0.05, 0.1) is 10.6 Å². The summed E-state index contributed by atoms with van der Waals surface area (Å²) in [5, 5.41) is 3.71. The number of benzene rings is 2. The minimum atomic E-state index is -0.369. The molecule has 4 aromatic rings. The van der Waals surface area contributed by atoms with Crippen molar-refractivity contribution in [2.24, 2.45) is 0 Å². The van der Waals surface area contributed by atoms with Crippen LogP contribution in [0.25, 0.3) is 21.3 Å². The molecule has 1 amide bonds. The van der Waals surface area contributed by atoms with Crippen LogP contribution in [-0.4, -0.2) is 21.1 Å². The van der Waals surface area contributed by atoms with Gasteiger partial charge >= 0.3 is 0 Å². The predicted octanol–water partition coefficient (Wildman–Crippen LogP) is 6.09. The normalized spacial score (nSPS) is 12.1. The fraction of sp³-hybridized carbons (Fsp3) is 0.240. The van der Waals surface area contributed by atoms with Crippen molar-refractivity contribution in [3.8, 4) is 11.1 Å². The van der Waals surface area contributed by atoms with Crippen molar-refractivity contribution in [1.29, 1.82) is 0 Å². The first-order valence-corrected chi connectivity index (χ1v) is 12.2. The Kier molecular flexibility index (Phi) is 6.48. The SMILES string of the molecule is CCC(Sc1nc2sc(C)c(-c3ccccc3)c2c(=O)[nH]1)C(=O)Nc1cc(C)cc(C)c1. The van der Waals surface area contributed by atoms with E-state index in [1.807, 2.05) is 70.2 Å². The molecule has 4 rings (SSSR count). The third-order valence-corrected chi connectivity index (χ3v) is 7.43. The Balaban J connectivity index is 1.62. The van der Waals surface area contributed by atoms with Gasteiger partial charge in [0.25, 0.3) is 5.56 Å². The number of hydrogen-bond acceptors (Lipinski definition) is 5. The van der Waals surface area contributed by atoms with Crippen LogP contribution in [0.1, 0.15) is 29.3 Å². The second kappa shape index (κ2) is 9.30. The zero-order chi connectivity index (χ0) is 22.8. The van der Waals surface area contributed by atoms with Crippen molar-refractivity contribution in [2.75, 3.05) is 5.32 Å². The van der Waals surface area contributed by atoms with E-state index in [0.717, 1.165) is 32.8 Å². The van der Waals surface area contributed by atoms with E-state index < -0.39 is 0 Å². The Labute approximate surface area is 195 Å². The first-order chi connectivity index (χ1) is 15.4. The second-order valence-corrected chi connectivity index (χ2v) is 10.2. The largest absolute Gasteiger partial charge is 0.325 e. The summed E-state index contributed by atoms with van der Waals surface area (Å²) in [6, 6.07) is 15.9. The predicted molar refractivity (Wildman–Crippen MR) is 135 cm³/mol. The number of H-pyrrole nitrogens is 1. The molecule has 0 aliphatic carbocycles. The number of thioether (sulfide) groups is 1. The molecule has 2 aromatic carbocycles. The lowest BCUT2D eigenvalue weighted by Crippen LogP contribution is -2.25. The summed E-state index contributed by atoms with van der Waals surface area (Å²) in [5.41, 5.74) is 4.73. The number of nitrogens with zero attached hydrogens (tertiary/aromatic N) is 1. The molecule has 32 heavy (non-hydrogen) atoms. The zero-order valence-electron chi connectivity index (χ0n) is 18.5. The van der Waals surface area contributed by atoms with E-state index in [2.05, 4.69) is 16.4 Å². The number of hydrogen-bond donors (Lipinski definition) is 2. The third kappa shape index (κ3) is 4.64. The molecule has 0 aliphatic rings. The molecule has 1 atom stereocenters. The molecule has 2 N–H and O–H groups in total. The summed E-state index contributed by atoms with van der Waals surface area (Å²) < 4.78 is 0. The smallest absolute Gasteiger partial charge is 0.260 e. The van der Waals surface area contributed by atoms with Crippen LogP contribution >= 0.6 is 23.1 Å². The highest BCUT2D eigenvalue weighted by atomic mass is 32.2. The Morgan fingerprint density at radius 2 is 1.81 bits per heavy atom. The average molecular weight is 464 g/mol. The van der Waals surface area contributed by atoms with Gasteiger partial charge in [0.2, 0.25) is 5.91 Å². The van der Waals surface area contributed by atoms with Crippen LogP contribution in [0.2, 0.25) is 0 Å². The molecule has 0 saturated carbocycles. The molecule has 2 heterocycles. The second-order valence-electron chi connectivity index (χ2n) is 7.83. The number of carbonyl (C=O) groups excluding carboxylic acids is 1. The molecule has 0 spiro atoms. The Morgan fingerprint density at radius 3 is 2.47 bits per heavy atom. The van der Waals surface area contributed by atoms with Crippen molar-refractivity contribution >= 4 is 44.9 Å². The molecule has 1 unspecified atom stereocenters. The molecule has 0 bridgehead atoms. The topological polar surface area (TPSA) is 74.8 Å². The molecular formula is C25H25N3O2S2. The van der Waals surface area contributed by atoms with Crippen LogP contribution in [0.15, 0.2) is 58.5 Å². The molecule has 164 valence electrons. The van der Waals surface area contributed by atoms with Crippen molar-refractivity contribution in [3.63, 3.8) is 0 Å². The highest BCUT2D eigenvalue weighted by molar-refractivity contribution is 8.00. The van der Waals surface area contributed by atoms with Gasteiger partial charge in [-0.05, 0) is 56.0 Å². The summed E-state index contributed by atoms with van der Waals surface area (Å²) >= 11 is 2.80. The minimum absolute atomic E-state index is 0.0995. The van der Waals surface area contributed by atoms with Crippen LogP contribution in [-0.2, 0) is 4.79 Å². The lowest BCUT2D eigenvalue weighted by molar-refractivity contribution is -0.115. The molecular weight excluding hydrogens is 438 g/mol. The van der Waals surface area contributed by atoms with E-state index in [0.29, 0.717) is 21.8 Å². The number of nitrogens with one attached hydrogen (secondary N) is 2. The fourth-order valence-corrected chi connectivity index (χ4v) is 5.84. The number of carbonyl (C=O) groups is 1. The third-order valence-electron chi connectivity index (χ3n) is 5.19. The Hall–Kier alpha value is -2.90. The van der Waals surface area contributed by atoms with Crippen LogP contribution in [0, 0.1) is 20.8 Å². The monoisotopic (exact) mass is 463 g/mol. The van der Waals surface area contributed by atoms with Crippen molar-refractivity contribution in [2.45, 2.75) is 44.5 Å². The lowest BCUT2D eigenvalue weighted by atomic mass is 10.0. The van der Waals surface area contributed by atoms with Gasteiger partial charge in [-0.3, -0.25) is 9.59 Å². The summed E-state index contributed by atoms with van der Waals surface area (Å²) in [6.07, 6.45) is 0.613. The van der Waals surface area contributed by atoms with Gasteiger partial charge in [0.15, 0.2) is 5.16 Å². The van der Waals surface area contributed by atoms with Crippen LogP contribution < -0.4 is 10.9 Å². The molecule has 7 heteroatoms. The lowest BCUT2D eigenvalue weighted by Gasteiger charge is -2.15. The number of aryl methyl sites for hydroxylation is 3. The highest BCUT2D eigenvalue weighted by Crippen LogP contribution is 2.36. The van der Waals surface area contributed by atoms with E-state index in [4.69, 9.17) is 4.98 Å². The quantitative estimate of drug-likeness (QED) is 0.268. The number of aromatic amines is 1. The van der Waals surface area contributed by atoms with E-state index in [-0.39, 0.29) is 16.7 Å². The van der Waals surface area contributed by atoms with Gasteiger partial charge < -0.3 is 10.3 Å². The number of amides is 1. The first-order valence-electron chi connectivity index (χ1n) is 10.5. The van der Waals surface area contributed by atoms with E-state index in [1.165, 1.54) is 23.1 Å². The van der Waals surface area contributed by atoms with Gasteiger partial charge in [-0.2, -0.15) is 0 Å². The zero-order valence-corrected chi connectivity index (χ0v) is 20.1. The maximum absolute atomic E-state index is 13.0. The molecule has 0 saturated heterocycles. The number of rotatable bonds is 6. The summed E-state index contributed by atoms with van der Waals surface area (Å²) in [5.74, 6) is -0.0995. The first kappa shape index (κ1) is 22.3. The Morgan fingerprint density at radius 1 is 1.12 bits per heavy atom. The molecule has 2 aromatic heterocycles. The van der Waals surface area contributed by atoms with Gasteiger partial charge in [-0.15, -0.1) is 11.3 Å². The number of aromatic nitrogens is 2. The highest BCUT2D eigenvalue weighted by Gasteiger charge is 2.22. The van der Waals surface area contributed by atoms with Crippen molar-refractivity contribution in [1.82, 2.24) is 9.97 Å². The molecule has 5 nitrogen and oxygen atoms in total. The van der Waals surface area contributed by atoms with Crippen LogP contribution in [0.4, 0.5) is 5.69 Å². The van der Waals surface area contributed by atoms with Crippen molar-refractivity contribution in [3.05, 3.63) is 74.9 Å². The molecule has 0 aliphatic heterocycles. The Bertz CT molecular complexity index is 1320. The molecule has 0 fully saturated rings. The van der Waals surface area contributed by atoms with Crippen molar-refractivity contribution < 1.29 is 4.79 Å². The van der Waals surface area contributed by atoms with E-state index >= 15 is 0 Å². The number of fused-ring (bicyclic) bond motifs is 1. The summed E-state index contributed by atoms with van der Waals surface area (Å²) in [6.45, 7) is 7.97. The fourth-order valence-electron chi connectivity index (χ4n) is 3.83. The minimum Gasteiger partial charge on any atom is -0.325 e. The maximum Gasteiger partial charge on any atom is 0.260 e. The number of thiophene rings is 1. The average Bonchev–Trinajstić information content (AvgIpc) is 3.08. The van der Waals surface area contributed by atoms with Gasteiger partial charge in [-0.1, -0.05) is 55.1 Å². The standard InChI is InChI=1S/C25H25N3O2S2/c1-5-19(22(29)26-18-12-14(2)11-15(3)13-18)32-25-27-23(30)21-20(16(4)31-24(21)28-25)17-9-7-6-8-10-17/h6-13,19H,5H2,1-4H3,(H,26,29)(H,27,28,30). The van der Waals surface area contributed by atoms with E-state index in [9.17, 15) is 9.59 Å². The van der Waals surface area contributed by atoms with Crippen LogP contribution in [0.3, 0.4) is 0 Å². The van der Waals surface area contributed by atoms with E-state index in [1.54, 1.807) is 0 Å². The van der Waals surface area contributed by atoms with Gasteiger partial charge in [0, 0.05) is 16.1 Å². The summed E-state index contributed by atoms with van der Waals surface area (Å²) in [4.78, 5) is 35.3. The number of anilines is 1. The maximum atomic E-state index is 13.0.